The Bertz CT molecular complexity index is 736. The SMILES string of the molecule is Cc1ccc(S(=O)(=O)NC2CCCCC2)cc1C(=O)NN1CCCCC1. The van der Waals surface area contributed by atoms with Gasteiger partial charge in [-0.25, -0.2) is 18.1 Å². The highest BCUT2D eigenvalue weighted by molar-refractivity contribution is 7.89. The molecule has 0 atom stereocenters. The van der Waals surface area contributed by atoms with Crippen molar-refractivity contribution in [3.63, 3.8) is 0 Å². The molecule has 1 aliphatic heterocycles. The minimum Gasteiger partial charge on any atom is -0.285 e. The van der Waals surface area contributed by atoms with Crippen LogP contribution in [0.25, 0.3) is 0 Å². The molecule has 0 bridgehead atoms. The smallest absolute Gasteiger partial charge is 0.265 e. The molecule has 1 saturated carbocycles. The summed E-state index contributed by atoms with van der Waals surface area (Å²) in [7, 11) is -3.61. The first-order valence-corrected chi connectivity index (χ1v) is 11.1. The number of nitrogens with one attached hydrogen (secondary N) is 2. The standard InChI is InChI=1S/C19H29N3O3S/c1-15-10-11-17(26(24,25)21-16-8-4-2-5-9-16)14-18(15)19(23)20-22-12-6-3-7-13-22/h10-11,14,16,21H,2-9,12-13H2,1H3,(H,20,23). The second kappa shape index (κ2) is 8.50. The Hall–Kier alpha value is -1.44. The zero-order valence-electron chi connectivity index (χ0n) is 15.5. The average Bonchev–Trinajstić information content (AvgIpc) is 2.63. The fourth-order valence-electron chi connectivity index (χ4n) is 3.73. The number of carbonyl (C=O) groups excluding carboxylic acids is 1. The van der Waals surface area contributed by atoms with Gasteiger partial charge >= 0.3 is 0 Å². The Morgan fingerprint density at radius 1 is 1.04 bits per heavy atom. The number of rotatable bonds is 5. The molecule has 1 aliphatic carbocycles. The second-order valence-corrected chi connectivity index (χ2v) is 9.14. The summed E-state index contributed by atoms with van der Waals surface area (Å²) in [4.78, 5) is 12.8. The van der Waals surface area contributed by atoms with E-state index in [1.807, 2.05) is 11.9 Å². The van der Waals surface area contributed by atoms with Gasteiger partial charge in [-0.2, -0.15) is 0 Å². The normalized spacial score (nSPS) is 20.0. The number of hydrogen-bond acceptors (Lipinski definition) is 4. The van der Waals surface area contributed by atoms with Crippen LogP contribution >= 0.6 is 0 Å². The van der Waals surface area contributed by atoms with Crippen molar-refractivity contribution in [1.29, 1.82) is 0 Å². The van der Waals surface area contributed by atoms with Crippen LogP contribution in [0.1, 0.15) is 67.3 Å². The first kappa shape index (κ1) is 19.3. The van der Waals surface area contributed by atoms with Crippen LogP contribution in [0.4, 0.5) is 0 Å². The molecular formula is C19H29N3O3S. The quantitative estimate of drug-likeness (QED) is 0.825. The zero-order chi connectivity index (χ0) is 18.6. The summed E-state index contributed by atoms with van der Waals surface area (Å²) < 4.78 is 28.3. The fraction of sp³-hybridized carbons (Fsp3) is 0.632. The van der Waals surface area contributed by atoms with Crippen molar-refractivity contribution in [2.45, 2.75) is 69.2 Å². The Balaban J connectivity index is 1.74. The largest absolute Gasteiger partial charge is 0.285 e. The molecule has 26 heavy (non-hydrogen) atoms. The number of benzene rings is 1. The predicted molar refractivity (Wildman–Crippen MR) is 101 cm³/mol. The van der Waals surface area contributed by atoms with Gasteiger partial charge in [0.05, 0.1) is 4.90 Å². The molecule has 6 nitrogen and oxygen atoms in total. The van der Waals surface area contributed by atoms with E-state index in [1.54, 1.807) is 12.1 Å². The maximum Gasteiger partial charge on any atom is 0.265 e. The molecule has 0 unspecified atom stereocenters. The lowest BCUT2D eigenvalue weighted by Crippen LogP contribution is -2.45. The van der Waals surface area contributed by atoms with Gasteiger partial charge in [0.25, 0.3) is 5.91 Å². The highest BCUT2D eigenvalue weighted by Crippen LogP contribution is 2.21. The zero-order valence-corrected chi connectivity index (χ0v) is 16.3. The summed E-state index contributed by atoms with van der Waals surface area (Å²) >= 11 is 0. The molecule has 0 radical (unpaired) electrons. The van der Waals surface area contributed by atoms with Gasteiger partial charge in [-0.05, 0) is 50.3 Å². The first-order valence-electron chi connectivity index (χ1n) is 9.64. The van der Waals surface area contributed by atoms with Crippen LogP contribution in [0, 0.1) is 6.92 Å². The summed E-state index contributed by atoms with van der Waals surface area (Å²) in [6.45, 7) is 3.51. The minimum atomic E-state index is -3.61. The average molecular weight is 380 g/mol. The first-order chi connectivity index (χ1) is 12.5. The van der Waals surface area contributed by atoms with Crippen molar-refractivity contribution >= 4 is 15.9 Å². The molecule has 1 aromatic rings. The van der Waals surface area contributed by atoms with Crippen LogP contribution in [-0.2, 0) is 10.0 Å². The van der Waals surface area contributed by atoms with Crippen molar-refractivity contribution < 1.29 is 13.2 Å². The van der Waals surface area contributed by atoms with Gasteiger partial charge in [-0.15, -0.1) is 0 Å². The minimum absolute atomic E-state index is 0.000629. The Labute approximate surface area is 156 Å². The number of amides is 1. The molecule has 0 spiro atoms. The summed E-state index contributed by atoms with van der Waals surface area (Å²) in [5.74, 6) is -0.237. The van der Waals surface area contributed by atoms with E-state index < -0.39 is 10.0 Å². The van der Waals surface area contributed by atoms with Crippen LogP contribution in [0.15, 0.2) is 23.1 Å². The van der Waals surface area contributed by atoms with Crippen LogP contribution in [0.5, 0.6) is 0 Å². The fourth-order valence-corrected chi connectivity index (χ4v) is 5.06. The lowest BCUT2D eigenvalue weighted by Gasteiger charge is -2.27. The lowest BCUT2D eigenvalue weighted by atomic mass is 9.96. The third-order valence-corrected chi connectivity index (χ3v) is 6.82. The van der Waals surface area contributed by atoms with Crippen molar-refractivity contribution in [1.82, 2.24) is 15.2 Å². The van der Waals surface area contributed by atoms with Crippen LogP contribution in [0.3, 0.4) is 0 Å². The molecule has 1 aromatic carbocycles. The van der Waals surface area contributed by atoms with Crippen LogP contribution < -0.4 is 10.1 Å². The molecule has 1 saturated heterocycles. The third-order valence-electron chi connectivity index (χ3n) is 5.31. The van der Waals surface area contributed by atoms with Gasteiger partial charge in [0.2, 0.25) is 10.0 Å². The Kier molecular flexibility index (Phi) is 6.32. The second-order valence-electron chi connectivity index (χ2n) is 7.42. The van der Waals surface area contributed by atoms with E-state index in [1.165, 1.54) is 18.9 Å². The van der Waals surface area contributed by atoms with E-state index in [0.29, 0.717) is 5.56 Å². The van der Waals surface area contributed by atoms with E-state index in [9.17, 15) is 13.2 Å². The third kappa shape index (κ3) is 4.84. The van der Waals surface area contributed by atoms with Gasteiger partial charge in [0.1, 0.15) is 0 Å². The van der Waals surface area contributed by atoms with Gasteiger partial charge in [-0.3, -0.25) is 10.2 Å². The molecule has 0 aromatic heterocycles. The molecule has 3 rings (SSSR count). The van der Waals surface area contributed by atoms with E-state index >= 15 is 0 Å². The van der Waals surface area contributed by atoms with Crippen molar-refractivity contribution in [3.8, 4) is 0 Å². The summed E-state index contributed by atoms with van der Waals surface area (Å²) in [6.07, 6.45) is 8.38. The Morgan fingerprint density at radius 2 is 1.69 bits per heavy atom. The van der Waals surface area contributed by atoms with Crippen molar-refractivity contribution in [2.75, 3.05) is 13.1 Å². The summed E-state index contributed by atoms with van der Waals surface area (Å²) in [5, 5.41) is 1.92. The molecule has 1 amide bonds. The van der Waals surface area contributed by atoms with Crippen LogP contribution in [0.2, 0.25) is 0 Å². The molecule has 1 heterocycles. The molecule has 2 N–H and O–H groups in total. The van der Waals surface area contributed by atoms with Gasteiger partial charge in [0.15, 0.2) is 0 Å². The van der Waals surface area contributed by atoms with Gasteiger partial charge in [0, 0.05) is 24.7 Å². The maximum absolute atomic E-state index is 12.7. The van der Waals surface area contributed by atoms with Crippen molar-refractivity contribution in [3.05, 3.63) is 29.3 Å². The highest BCUT2D eigenvalue weighted by atomic mass is 32.2. The number of hydrogen-bond donors (Lipinski definition) is 2. The summed E-state index contributed by atoms with van der Waals surface area (Å²) in [5.41, 5.74) is 4.11. The molecule has 144 valence electrons. The number of carbonyl (C=O) groups is 1. The van der Waals surface area contributed by atoms with Gasteiger partial charge < -0.3 is 0 Å². The topological polar surface area (TPSA) is 78.5 Å². The van der Waals surface area contributed by atoms with Crippen molar-refractivity contribution in [2.24, 2.45) is 0 Å². The van der Waals surface area contributed by atoms with Gasteiger partial charge in [-0.1, -0.05) is 31.7 Å². The molecular weight excluding hydrogens is 350 g/mol. The predicted octanol–water partition coefficient (Wildman–Crippen LogP) is 2.74. The van der Waals surface area contributed by atoms with E-state index in [2.05, 4.69) is 10.1 Å². The monoisotopic (exact) mass is 379 g/mol. The summed E-state index contributed by atoms with van der Waals surface area (Å²) in [6, 6.07) is 4.79. The van der Waals surface area contributed by atoms with E-state index in [-0.39, 0.29) is 16.8 Å². The highest BCUT2D eigenvalue weighted by Gasteiger charge is 2.24. The molecule has 2 fully saturated rings. The van der Waals surface area contributed by atoms with E-state index in [0.717, 1.165) is 57.2 Å². The number of piperidine rings is 1. The number of nitrogens with zero attached hydrogens (tertiary/aromatic N) is 1. The number of aryl methyl sites for hydroxylation is 1. The Morgan fingerprint density at radius 3 is 2.38 bits per heavy atom. The molecule has 2 aliphatic rings. The lowest BCUT2D eigenvalue weighted by molar-refractivity contribution is 0.0749. The van der Waals surface area contributed by atoms with E-state index in [4.69, 9.17) is 0 Å². The van der Waals surface area contributed by atoms with Crippen LogP contribution in [-0.4, -0.2) is 38.5 Å². The number of hydrazine groups is 1. The molecule has 7 heteroatoms. The maximum atomic E-state index is 12.7. The number of sulfonamides is 1.